The first kappa shape index (κ1) is 13.5. The van der Waals surface area contributed by atoms with Crippen molar-refractivity contribution < 1.29 is 9.84 Å². The van der Waals surface area contributed by atoms with Crippen LogP contribution in [-0.2, 0) is 5.41 Å². The average Bonchev–Trinajstić information content (AvgIpc) is 2.38. The van der Waals surface area contributed by atoms with Crippen molar-refractivity contribution in [3.05, 3.63) is 48.0 Å². The van der Waals surface area contributed by atoms with Crippen molar-refractivity contribution >= 4 is 0 Å². The lowest BCUT2D eigenvalue weighted by atomic mass is 9.81. The second-order valence-corrected chi connectivity index (χ2v) is 5.71. The molecule has 19 heavy (non-hydrogen) atoms. The summed E-state index contributed by atoms with van der Waals surface area (Å²) in [5.41, 5.74) is 3.54. The van der Waals surface area contributed by atoms with E-state index in [1.165, 1.54) is 11.1 Å². The summed E-state index contributed by atoms with van der Waals surface area (Å²) in [6, 6.07) is 13.4. The fraction of sp³-hybridized carbons (Fsp3) is 0.294. The highest BCUT2D eigenvalue weighted by Crippen LogP contribution is 2.35. The Labute approximate surface area is 114 Å². The van der Waals surface area contributed by atoms with E-state index in [2.05, 4.69) is 32.9 Å². The lowest BCUT2D eigenvalue weighted by molar-refractivity contribution is 0.413. The molecule has 0 radical (unpaired) electrons. The van der Waals surface area contributed by atoms with Crippen LogP contribution in [0.25, 0.3) is 11.1 Å². The normalized spacial score (nSPS) is 11.4. The first-order valence-electron chi connectivity index (χ1n) is 6.40. The number of ether oxygens (including phenoxy) is 1. The van der Waals surface area contributed by atoms with Crippen LogP contribution in [0.5, 0.6) is 11.5 Å². The summed E-state index contributed by atoms with van der Waals surface area (Å²) in [5, 5.41) is 9.39. The molecule has 2 rings (SSSR count). The first-order valence-corrected chi connectivity index (χ1v) is 6.40. The fourth-order valence-electron chi connectivity index (χ4n) is 2.16. The minimum absolute atomic E-state index is 0.0295. The molecule has 0 aromatic heterocycles. The molecule has 0 saturated carbocycles. The molecule has 0 unspecified atom stereocenters. The van der Waals surface area contributed by atoms with Gasteiger partial charge in [-0.1, -0.05) is 39.0 Å². The summed E-state index contributed by atoms with van der Waals surface area (Å²) in [4.78, 5) is 0. The summed E-state index contributed by atoms with van der Waals surface area (Å²) >= 11 is 0. The first-order chi connectivity index (χ1) is 8.91. The van der Waals surface area contributed by atoms with Crippen molar-refractivity contribution in [1.82, 2.24) is 0 Å². The van der Waals surface area contributed by atoms with Crippen LogP contribution >= 0.6 is 0 Å². The van der Waals surface area contributed by atoms with E-state index in [9.17, 15) is 5.11 Å². The van der Waals surface area contributed by atoms with Crippen LogP contribution in [0.1, 0.15) is 26.3 Å². The predicted octanol–water partition coefficient (Wildman–Crippen LogP) is 4.37. The third-order valence-electron chi connectivity index (χ3n) is 3.21. The summed E-state index contributed by atoms with van der Waals surface area (Å²) in [5.74, 6) is 1.15. The Hall–Kier alpha value is -1.96. The Morgan fingerprint density at radius 1 is 0.947 bits per heavy atom. The summed E-state index contributed by atoms with van der Waals surface area (Å²) in [6.07, 6.45) is 0. The zero-order chi connectivity index (χ0) is 14.0. The van der Waals surface area contributed by atoms with E-state index in [4.69, 9.17) is 4.74 Å². The Morgan fingerprint density at radius 2 is 1.58 bits per heavy atom. The summed E-state index contributed by atoms with van der Waals surface area (Å²) < 4.78 is 5.32. The molecule has 0 spiro atoms. The fourth-order valence-corrected chi connectivity index (χ4v) is 2.16. The largest absolute Gasteiger partial charge is 0.508 e. The zero-order valence-electron chi connectivity index (χ0n) is 11.9. The SMILES string of the molecule is COc1ccc(-c2ccc(O)cc2)c(C(C)(C)C)c1. The average molecular weight is 256 g/mol. The lowest BCUT2D eigenvalue weighted by Crippen LogP contribution is -2.13. The minimum Gasteiger partial charge on any atom is -0.508 e. The summed E-state index contributed by atoms with van der Waals surface area (Å²) in [7, 11) is 1.68. The Kier molecular flexibility index (Phi) is 3.52. The van der Waals surface area contributed by atoms with E-state index in [1.54, 1.807) is 19.2 Å². The van der Waals surface area contributed by atoms with E-state index >= 15 is 0 Å². The highest BCUT2D eigenvalue weighted by Gasteiger charge is 2.19. The maximum Gasteiger partial charge on any atom is 0.119 e. The van der Waals surface area contributed by atoms with Crippen molar-refractivity contribution in [2.75, 3.05) is 7.11 Å². The number of methoxy groups -OCH3 is 1. The van der Waals surface area contributed by atoms with Gasteiger partial charge in [-0.3, -0.25) is 0 Å². The second kappa shape index (κ2) is 4.96. The van der Waals surface area contributed by atoms with Gasteiger partial charge in [-0.2, -0.15) is 0 Å². The van der Waals surface area contributed by atoms with Crippen LogP contribution in [0.2, 0.25) is 0 Å². The zero-order valence-corrected chi connectivity index (χ0v) is 11.9. The molecule has 2 heteroatoms. The van der Waals surface area contributed by atoms with Gasteiger partial charge in [0.1, 0.15) is 11.5 Å². The molecule has 0 heterocycles. The molecule has 2 aromatic carbocycles. The van der Waals surface area contributed by atoms with Gasteiger partial charge in [0.15, 0.2) is 0 Å². The van der Waals surface area contributed by atoms with Crippen molar-refractivity contribution in [2.45, 2.75) is 26.2 Å². The number of benzene rings is 2. The smallest absolute Gasteiger partial charge is 0.119 e. The van der Waals surface area contributed by atoms with Crippen LogP contribution in [0, 0.1) is 0 Å². The maximum absolute atomic E-state index is 9.39. The Bertz CT molecular complexity index is 563. The molecule has 2 nitrogen and oxygen atoms in total. The molecular weight excluding hydrogens is 236 g/mol. The third kappa shape index (κ3) is 2.90. The van der Waals surface area contributed by atoms with Crippen LogP contribution < -0.4 is 4.74 Å². The van der Waals surface area contributed by atoms with E-state index in [0.29, 0.717) is 0 Å². The molecule has 100 valence electrons. The molecule has 1 N–H and O–H groups in total. The Morgan fingerprint density at radius 3 is 2.11 bits per heavy atom. The van der Waals surface area contributed by atoms with E-state index in [-0.39, 0.29) is 11.2 Å². The molecule has 0 atom stereocenters. The molecule has 0 amide bonds. The number of phenols is 1. The van der Waals surface area contributed by atoms with E-state index < -0.39 is 0 Å². The van der Waals surface area contributed by atoms with Crippen molar-refractivity contribution in [3.8, 4) is 22.6 Å². The summed E-state index contributed by atoms with van der Waals surface area (Å²) in [6.45, 7) is 6.56. The van der Waals surface area contributed by atoms with Gasteiger partial charge in [0.25, 0.3) is 0 Å². The monoisotopic (exact) mass is 256 g/mol. The second-order valence-electron chi connectivity index (χ2n) is 5.71. The molecular formula is C17H20O2. The van der Waals surface area contributed by atoms with E-state index in [0.717, 1.165) is 11.3 Å². The van der Waals surface area contributed by atoms with Crippen LogP contribution in [0.3, 0.4) is 0 Å². The lowest BCUT2D eigenvalue weighted by Gasteiger charge is -2.24. The molecule has 0 aliphatic rings. The molecule has 2 aromatic rings. The quantitative estimate of drug-likeness (QED) is 0.864. The Balaban J connectivity index is 2.59. The van der Waals surface area contributed by atoms with Gasteiger partial charge in [-0.25, -0.2) is 0 Å². The third-order valence-corrected chi connectivity index (χ3v) is 3.21. The number of hydrogen-bond donors (Lipinski definition) is 1. The predicted molar refractivity (Wildman–Crippen MR) is 78.8 cm³/mol. The topological polar surface area (TPSA) is 29.5 Å². The standard InChI is InChI=1S/C17H20O2/c1-17(2,3)16-11-14(19-4)9-10-15(16)12-5-7-13(18)8-6-12/h5-11,18H,1-4H3. The van der Waals surface area contributed by atoms with Gasteiger partial charge in [0, 0.05) is 0 Å². The van der Waals surface area contributed by atoms with Crippen molar-refractivity contribution in [1.29, 1.82) is 0 Å². The number of phenolic OH excluding ortho intramolecular Hbond substituents is 1. The highest BCUT2D eigenvalue weighted by atomic mass is 16.5. The molecule has 0 aliphatic heterocycles. The minimum atomic E-state index is 0.0295. The van der Waals surface area contributed by atoms with Gasteiger partial charge >= 0.3 is 0 Å². The maximum atomic E-state index is 9.39. The van der Waals surface area contributed by atoms with Gasteiger partial charge in [-0.15, -0.1) is 0 Å². The highest BCUT2D eigenvalue weighted by molar-refractivity contribution is 5.70. The van der Waals surface area contributed by atoms with E-state index in [1.807, 2.05) is 18.2 Å². The van der Waals surface area contributed by atoms with Crippen molar-refractivity contribution in [3.63, 3.8) is 0 Å². The van der Waals surface area contributed by atoms with Gasteiger partial charge < -0.3 is 9.84 Å². The molecule has 0 aliphatic carbocycles. The van der Waals surface area contributed by atoms with Gasteiger partial charge in [0.2, 0.25) is 0 Å². The number of aromatic hydroxyl groups is 1. The van der Waals surface area contributed by atoms with Crippen LogP contribution in [0.15, 0.2) is 42.5 Å². The van der Waals surface area contributed by atoms with Gasteiger partial charge in [-0.05, 0) is 46.4 Å². The molecule has 0 bridgehead atoms. The number of hydrogen-bond acceptors (Lipinski definition) is 2. The van der Waals surface area contributed by atoms with Crippen molar-refractivity contribution in [2.24, 2.45) is 0 Å². The van der Waals surface area contributed by atoms with Crippen LogP contribution in [0.4, 0.5) is 0 Å². The van der Waals surface area contributed by atoms with Crippen LogP contribution in [-0.4, -0.2) is 12.2 Å². The van der Waals surface area contributed by atoms with Gasteiger partial charge in [0.05, 0.1) is 7.11 Å². The number of rotatable bonds is 2. The molecule has 0 fully saturated rings. The molecule has 0 saturated heterocycles.